The van der Waals surface area contributed by atoms with Crippen LogP contribution in [0, 0.1) is 19.7 Å². The van der Waals surface area contributed by atoms with Crippen molar-refractivity contribution in [3.63, 3.8) is 0 Å². The van der Waals surface area contributed by atoms with Gasteiger partial charge < -0.3 is 15.4 Å². The molecule has 6 nitrogen and oxygen atoms in total. The smallest absolute Gasteiger partial charge is 0.306 e. The molecule has 0 bridgehead atoms. The zero-order chi connectivity index (χ0) is 19.8. The number of ether oxygens (including phenoxy) is 1. The quantitative estimate of drug-likeness (QED) is 0.730. The van der Waals surface area contributed by atoms with E-state index in [9.17, 15) is 18.8 Å². The van der Waals surface area contributed by atoms with Crippen LogP contribution in [-0.4, -0.2) is 24.4 Å². The molecule has 2 aromatic rings. The molecule has 0 aliphatic heterocycles. The number of aryl methyl sites for hydroxylation is 2. The molecule has 2 amide bonds. The number of hydrogen-bond acceptors (Lipinski definition) is 4. The van der Waals surface area contributed by atoms with Crippen molar-refractivity contribution in [2.75, 3.05) is 17.2 Å². The lowest BCUT2D eigenvalue weighted by Crippen LogP contribution is -2.21. The van der Waals surface area contributed by atoms with Crippen LogP contribution in [0.1, 0.15) is 24.0 Å². The summed E-state index contributed by atoms with van der Waals surface area (Å²) in [6, 6.07) is 10.9. The van der Waals surface area contributed by atoms with Crippen LogP contribution in [0.3, 0.4) is 0 Å². The van der Waals surface area contributed by atoms with Crippen molar-refractivity contribution in [3.05, 3.63) is 59.4 Å². The SMILES string of the molecule is Cc1cc(C)cc(NC(=O)COC(=O)CCC(=O)Nc2ccc(F)cc2)c1. The van der Waals surface area contributed by atoms with E-state index in [4.69, 9.17) is 4.74 Å². The molecule has 2 aromatic carbocycles. The van der Waals surface area contributed by atoms with Gasteiger partial charge in [0.25, 0.3) is 5.91 Å². The van der Waals surface area contributed by atoms with Gasteiger partial charge in [0.2, 0.25) is 5.91 Å². The Balaban J connectivity index is 1.69. The van der Waals surface area contributed by atoms with Gasteiger partial charge in [-0.05, 0) is 61.4 Å². The summed E-state index contributed by atoms with van der Waals surface area (Å²) in [5.74, 6) is -1.92. The maximum Gasteiger partial charge on any atom is 0.306 e. The largest absolute Gasteiger partial charge is 0.456 e. The van der Waals surface area contributed by atoms with Gasteiger partial charge in [0, 0.05) is 17.8 Å². The lowest BCUT2D eigenvalue weighted by atomic mass is 10.1. The first-order chi connectivity index (χ1) is 12.8. The third-order valence-electron chi connectivity index (χ3n) is 3.55. The summed E-state index contributed by atoms with van der Waals surface area (Å²) < 4.78 is 17.7. The standard InChI is InChI=1S/C20H21FN2O4/c1-13-9-14(2)11-17(10-13)23-19(25)12-27-20(26)8-7-18(24)22-16-5-3-15(21)4-6-16/h3-6,9-11H,7-8,12H2,1-2H3,(H,22,24)(H,23,25). The number of carbonyl (C=O) groups is 3. The van der Waals surface area contributed by atoms with E-state index in [1.807, 2.05) is 32.0 Å². The Morgan fingerprint density at radius 3 is 2.07 bits per heavy atom. The Hall–Kier alpha value is -3.22. The topological polar surface area (TPSA) is 84.5 Å². The fourth-order valence-corrected chi connectivity index (χ4v) is 2.43. The predicted octanol–water partition coefficient (Wildman–Crippen LogP) is 3.34. The second kappa shape index (κ2) is 9.47. The number of hydrogen-bond donors (Lipinski definition) is 2. The number of anilines is 2. The molecular weight excluding hydrogens is 351 g/mol. The van der Waals surface area contributed by atoms with Crippen molar-refractivity contribution in [2.45, 2.75) is 26.7 Å². The fourth-order valence-electron chi connectivity index (χ4n) is 2.43. The van der Waals surface area contributed by atoms with Crippen molar-refractivity contribution < 1.29 is 23.5 Å². The normalized spacial score (nSPS) is 10.2. The molecule has 0 aliphatic rings. The third kappa shape index (κ3) is 7.27. The number of amides is 2. The summed E-state index contributed by atoms with van der Waals surface area (Å²) in [6.45, 7) is 3.41. The third-order valence-corrected chi connectivity index (χ3v) is 3.55. The molecule has 0 atom stereocenters. The van der Waals surface area contributed by atoms with Gasteiger partial charge >= 0.3 is 5.97 Å². The predicted molar refractivity (Wildman–Crippen MR) is 99.8 cm³/mol. The molecule has 27 heavy (non-hydrogen) atoms. The van der Waals surface area contributed by atoms with E-state index in [0.717, 1.165) is 11.1 Å². The highest BCUT2D eigenvalue weighted by atomic mass is 19.1. The van der Waals surface area contributed by atoms with Gasteiger partial charge in [0.15, 0.2) is 6.61 Å². The molecule has 0 spiro atoms. The summed E-state index contributed by atoms with van der Waals surface area (Å²) in [5, 5.41) is 5.19. The van der Waals surface area contributed by atoms with Crippen molar-refractivity contribution >= 4 is 29.2 Å². The number of rotatable bonds is 7. The molecule has 0 radical (unpaired) electrons. The minimum Gasteiger partial charge on any atom is -0.456 e. The van der Waals surface area contributed by atoms with Crippen molar-refractivity contribution in [1.29, 1.82) is 0 Å². The van der Waals surface area contributed by atoms with Gasteiger partial charge in [-0.2, -0.15) is 0 Å². The second-order valence-corrected chi connectivity index (χ2v) is 6.14. The van der Waals surface area contributed by atoms with E-state index < -0.39 is 30.2 Å². The maximum absolute atomic E-state index is 12.8. The fraction of sp³-hybridized carbons (Fsp3) is 0.250. The van der Waals surface area contributed by atoms with Gasteiger partial charge in [0.05, 0.1) is 6.42 Å². The lowest BCUT2D eigenvalue weighted by molar-refractivity contribution is -0.147. The van der Waals surface area contributed by atoms with Crippen LogP contribution >= 0.6 is 0 Å². The molecule has 0 aromatic heterocycles. The highest BCUT2D eigenvalue weighted by Gasteiger charge is 2.11. The first-order valence-electron chi connectivity index (χ1n) is 8.41. The minimum atomic E-state index is -0.653. The van der Waals surface area contributed by atoms with E-state index in [0.29, 0.717) is 11.4 Å². The summed E-state index contributed by atoms with van der Waals surface area (Å²) in [6.07, 6.45) is -0.265. The van der Waals surface area contributed by atoms with Gasteiger partial charge in [-0.15, -0.1) is 0 Å². The molecule has 2 N–H and O–H groups in total. The molecule has 0 saturated heterocycles. The molecule has 0 heterocycles. The van der Waals surface area contributed by atoms with E-state index in [-0.39, 0.29) is 12.8 Å². The van der Waals surface area contributed by atoms with Crippen molar-refractivity contribution in [1.82, 2.24) is 0 Å². The molecule has 142 valence electrons. The number of carbonyl (C=O) groups excluding carboxylic acids is 3. The lowest BCUT2D eigenvalue weighted by Gasteiger charge is -2.08. The van der Waals surface area contributed by atoms with Crippen LogP contribution < -0.4 is 10.6 Å². The van der Waals surface area contributed by atoms with E-state index in [2.05, 4.69) is 10.6 Å². The van der Waals surface area contributed by atoms with Crippen LogP contribution in [0.5, 0.6) is 0 Å². The highest BCUT2D eigenvalue weighted by Crippen LogP contribution is 2.13. The van der Waals surface area contributed by atoms with Crippen molar-refractivity contribution in [3.8, 4) is 0 Å². The van der Waals surface area contributed by atoms with Crippen LogP contribution in [-0.2, 0) is 19.1 Å². The molecule has 0 fully saturated rings. The zero-order valence-electron chi connectivity index (χ0n) is 15.2. The number of benzene rings is 2. The van der Waals surface area contributed by atoms with E-state index in [1.54, 1.807) is 0 Å². The summed E-state index contributed by atoms with van der Waals surface area (Å²) in [4.78, 5) is 35.3. The van der Waals surface area contributed by atoms with E-state index in [1.165, 1.54) is 24.3 Å². The van der Waals surface area contributed by atoms with Gasteiger partial charge in [-0.25, -0.2) is 4.39 Å². The Labute approximate surface area is 156 Å². The average molecular weight is 372 g/mol. The van der Waals surface area contributed by atoms with Crippen molar-refractivity contribution in [2.24, 2.45) is 0 Å². The van der Waals surface area contributed by atoms with Gasteiger partial charge in [-0.1, -0.05) is 6.07 Å². The first-order valence-corrected chi connectivity index (χ1v) is 8.41. The molecule has 0 saturated carbocycles. The van der Waals surface area contributed by atoms with Gasteiger partial charge in [-0.3, -0.25) is 14.4 Å². The first kappa shape index (κ1) is 20.1. The summed E-state index contributed by atoms with van der Waals surface area (Å²) in [7, 11) is 0. The molecule has 2 rings (SSSR count). The van der Waals surface area contributed by atoms with Crippen LogP contribution in [0.4, 0.5) is 15.8 Å². The number of nitrogens with one attached hydrogen (secondary N) is 2. The monoisotopic (exact) mass is 372 g/mol. The van der Waals surface area contributed by atoms with E-state index >= 15 is 0 Å². The highest BCUT2D eigenvalue weighted by molar-refractivity contribution is 5.94. The Kier molecular flexibility index (Phi) is 7.05. The molecule has 0 unspecified atom stereocenters. The summed E-state index contributed by atoms with van der Waals surface area (Å²) in [5.41, 5.74) is 3.08. The molecule has 0 aliphatic carbocycles. The molecular formula is C20H21FN2O4. The Bertz CT molecular complexity index is 814. The maximum atomic E-state index is 12.8. The molecule has 7 heteroatoms. The Morgan fingerprint density at radius 1 is 0.852 bits per heavy atom. The van der Waals surface area contributed by atoms with Crippen LogP contribution in [0.2, 0.25) is 0 Å². The van der Waals surface area contributed by atoms with Crippen LogP contribution in [0.25, 0.3) is 0 Å². The summed E-state index contributed by atoms with van der Waals surface area (Å²) >= 11 is 0. The van der Waals surface area contributed by atoms with Crippen LogP contribution in [0.15, 0.2) is 42.5 Å². The Morgan fingerprint density at radius 2 is 1.44 bits per heavy atom. The minimum absolute atomic E-state index is 0.102. The number of halogens is 1. The van der Waals surface area contributed by atoms with Gasteiger partial charge in [0.1, 0.15) is 5.82 Å². The zero-order valence-corrected chi connectivity index (χ0v) is 15.2. The average Bonchev–Trinajstić information content (AvgIpc) is 2.59. The second-order valence-electron chi connectivity index (χ2n) is 6.14. The number of esters is 1.